The Morgan fingerprint density at radius 1 is 1.33 bits per heavy atom. The summed E-state index contributed by atoms with van der Waals surface area (Å²) in [6.45, 7) is 5.27. The fraction of sp³-hybridized carbons (Fsp3) is 0.533. The van der Waals surface area contributed by atoms with Crippen molar-refractivity contribution in [3.8, 4) is 5.75 Å². The standard InChI is InChI=1S/C15H20N2O4/c1-10(2)11-8-12(15(18)16-6-4-5-7-16)14(21-3)13(9-11)17(19)20/h8-10H,4-7H2,1-3H3. The lowest BCUT2D eigenvalue weighted by Crippen LogP contribution is -2.28. The second-order valence-corrected chi connectivity index (χ2v) is 5.53. The molecule has 0 saturated carbocycles. The predicted octanol–water partition coefficient (Wildman–Crippen LogP) is 2.96. The minimum Gasteiger partial charge on any atom is -0.490 e. The smallest absolute Gasteiger partial charge is 0.312 e. The molecule has 1 amide bonds. The third kappa shape index (κ3) is 2.99. The third-order valence-corrected chi connectivity index (χ3v) is 3.78. The highest BCUT2D eigenvalue weighted by Crippen LogP contribution is 2.35. The largest absolute Gasteiger partial charge is 0.490 e. The van der Waals surface area contributed by atoms with E-state index in [-0.39, 0.29) is 28.8 Å². The van der Waals surface area contributed by atoms with Crippen molar-refractivity contribution < 1.29 is 14.5 Å². The fourth-order valence-corrected chi connectivity index (χ4v) is 2.57. The van der Waals surface area contributed by atoms with Crippen LogP contribution in [0.15, 0.2) is 12.1 Å². The summed E-state index contributed by atoms with van der Waals surface area (Å²) in [4.78, 5) is 25.1. The third-order valence-electron chi connectivity index (χ3n) is 3.78. The van der Waals surface area contributed by atoms with Crippen LogP contribution in [0.1, 0.15) is 48.5 Å². The Hall–Kier alpha value is -2.11. The summed E-state index contributed by atoms with van der Waals surface area (Å²) < 4.78 is 5.16. The van der Waals surface area contributed by atoms with E-state index in [0.29, 0.717) is 13.1 Å². The molecule has 0 aliphatic carbocycles. The van der Waals surface area contributed by atoms with Crippen LogP contribution in [0.5, 0.6) is 5.75 Å². The van der Waals surface area contributed by atoms with Crippen LogP contribution in [-0.4, -0.2) is 35.9 Å². The van der Waals surface area contributed by atoms with Gasteiger partial charge < -0.3 is 9.64 Å². The van der Waals surface area contributed by atoms with E-state index in [4.69, 9.17) is 4.74 Å². The summed E-state index contributed by atoms with van der Waals surface area (Å²) >= 11 is 0. The molecule has 6 nitrogen and oxygen atoms in total. The zero-order valence-corrected chi connectivity index (χ0v) is 12.6. The second-order valence-electron chi connectivity index (χ2n) is 5.53. The molecule has 1 aromatic carbocycles. The van der Waals surface area contributed by atoms with Crippen molar-refractivity contribution in [1.82, 2.24) is 4.90 Å². The van der Waals surface area contributed by atoms with Gasteiger partial charge in [0.05, 0.1) is 17.6 Å². The molecule has 1 aliphatic heterocycles. The van der Waals surface area contributed by atoms with Crippen LogP contribution in [0.3, 0.4) is 0 Å². The molecule has 1 saturated heterocycles. The summed E-state index contributed by atoms with van der Waals surface area (Å²) in [6, 6.07) is 3.21. The van der Waals surface area contributed by atoms with Crippen molar-refractivity contribution >= 4 is 11.6 Å². The molecule has 114 valence electrons. The maximum absolute atomic E-state index is 12.6. The first-order valence-corrected chi connectivity index (χ1v) is 7.11. The van der Waals surface area contributed by atoms with Gasteiger partial charge >= 0.3 is 5.69 Å². The quantitative estimate of drug-likeness (QED) is 0.631. The molecule has 0 N–H and O–H groups in total. The van der Waals surface area contributed by atoms with E-state index < -0.39 is 4.92 Å². The van der Waals surface area contributed by atoms with Crippen molar-refractivity contribution in [3.63, 3.8) is 0 Å². The first-order valence-electron chi connectivity index (χ1n) is 7.11. The van der Waals surface area contributed by atoms with E-state index in [2.05, 4.69) is 0 Å². The lowest BCUT2D eigenvalue weighted by Gasteiger charge is -2.18. The summed E-state index contributed by atoms with van der Waals surface area (Å²) in [5.41, 5.74) is 0.911. The molecule has 0 unspecified atom stereocenters. The van der Waals surface area contributed by atoms with E-state index in [9.17, 15) is 14.9 Å². The highest BCUT2D eigenvalue weighted by atomic mass is 16.6. The molecular formula is C15H20N2O4. The number of methoxy groups -OCH3 is 1. The monoisotopic (exact) mass is 292 g/mol. The molecule has 1 aliphatic rings. The van der Waals surface area contributed by atoms with Crippen molar-refractivity contribution in [2.45, 2.75) is 32.6 Å². The summed E-state index contributed by atoms with van der Waals surface area (Å²) in [6.07, 6.45) is 1.94. The average molecular weight is 292 g/mol. The van der Waals surface area contributed by atoms with Gasteiger partial charge in [-0.3, -0.25) is 14.9 Å². The number of carbonyl (C=O) groups excluding carboxylic acids is 1. The van der Waals surface area contributed by atoms with Gasteiger partial charge in [0, 0.05) is 19.2 Å². The minimum atomic E-state index is -0.495. The van der Waals surface area contributed by atoms with Crippen LogP contribution >= 0.6 is 0 Å². The topological polar surface area (TPSA) is 72.7 Å². The van der Waals surface area contributed by atoms with Gasteiger partial charge in [-0.05, 0) is 30.4 Å². The summed E-state index contributed by atoms with van der Waals surface area (Å²) in [5, 5.41) is 11.3. The van der Waals surface area contributed by atoms with Gasteiger partial charge in [0.1, 0.15) is 0 Å². The van der Waals surface area contributed by atoms with E-state index >= 15 is 0 Å². The van der Waals surface area contributed by atoms with Gasteiger partial charge in [-0.1, -0.05) is 13.8 Å². The number of ether oxygens (including phenoxy) is 1. The van der Waals surface area contributed by atoms with Gasteiger partial charge in [0.15, 0.2) is 0 Å². The van der Waals surface area contributed by atoms with Gasteiger partial charge in [-0.2, -0.15) is 0 Å². The van der Waals surface area contributed by atoms with Gasteiger partial charge in [-0.15, -0.1) is 0 Å². The normalized spacial score (nSPS) is 14.6. The molecule has 1 aromatic rings. The van der Waals surface area contributed by atoms with E-state index in [0.717, 1.165) is 18.4 Å². The molecule has 0 radical (unpaired) electrons. The molecule has 0 spiro atoms. The summed E-state index contributed by atoms with van der Waals surface area (Å²) in [5.74, 6) is -0.0315. The van der Waals surface area contributed by atoms with Crippen LogP contribution in [0, 0.1) is 10.1 Å². The molecule has 0 atom stereocenters. The average Bonchev–Trinajstić information content (AvgIpc) is 2.98. The highest BCUT2D eigenvalue weighted by Gasteiger charge is 2.29. The number of carbonyl (C=O) groups is 1. The Morgan fingerprint density at radius 2 is 1.95 bits per heavy atom. The first kappa shape index (κ1) is 15.3. The van der Waals surface area contributed by atoms with Crippen LogP contribution in [0.2, 0.25) is 0 Å². The molecular weight excluding hydrogens is 272 g/mol. The molecule has 0 bridgehead atoms. The number of benzene rings is 1. The lowest BCUT2D eigenvalue weighted by molar-refractivity contribution is -0.385. The predicted molar refractivity (Wildman–Crippen MR) is 78.9 cm³/mol. The first-order chi connectivity index (χ1) is 9.95. The number of likely N-dealkylation sites (tertiary alicyclic amines) is 1. The van der Waals surface area contributed by atoms with Crippen molar-refractivity contribution in [1.29, 1.82) is 0 Å². The summed E-state index contributed by atoms with van der Waals surface area (Å²) in [7, 11) is 1.36. The van der Waals surface area contributed by atoms with Crippen molar-refractivity contribution in [3.05, 3.63) is 33.4 Å². The number of hydrogen-bond acceptors (Lipinski definition) is 4. The van der Waals surface area contributed by atoms with Crippen LogP contribution in [0.25, 0.3) is 0 Å². The Balaban J connectivity index is 2.55. The van der Waals surface area contributed by atoms with Crippen molar-refractivity contribution in [2.75, 3.05) is 20.2 Å². The maximum Gasteiger partial charge on any atom is 0.312 e. The Labute approximate surface area is 123 Å². The second kappa shape index (κ2) is 6.11. The number of hydrogen-bond donors (Lipinski definition) is 0. The molecule has 21 heavy (non-hydrogen) atoms. The van der Waals surface area contributed by atoms with E-state index in [1.165, 1.54) is 13.2 Å². The Morgan fingerprint density at radius 3 is 2.43 bits per heavy atom. The Kier molecular flexibility index (Phi) is 4.45. The number of rotatable bonds is 4. The zero-order chi connectivity index (χ0) is 15.6. The van der Waals surface area contributed by atoms with Crippen LogP contribution in [0.4, 0.5) is 5.69 Å². The molecule has 6 heteroatoms. The molecule has 2 rings (SSSR count). The number of nitrogens with zero attached hydrogens (tertiary/aromatic N) is 2. The van der Waals surface area contributed by atoms with Gasteiger partial charge in [0.2, 0.25) is 5.75 Å². The molecule has 0 aromatic heterocycles. The van der Waals surface area contributed by atoms with Gasteiger partial charge in [-0.25, -0.2) is 0 Å². The van der Waals surface area contributed by atoms with Crippen molar-refractivity contribution in [2.24, 2.45) is 0 Å². The number of nitro benzene ring substituents is 1. The fourth-order valence-electron chi connectivity index (χ4n) is 2.57. The minimum absolute atomic E-state index is 0.0568. The van der Waals surface area contributed by atoms with E-state index in [1.54, 1.807) is 11.0 Å². The lowest BCUT2D eigenvalue weighted by atomic mass is 9.98. The SMILES string of the molecule is COc1c(C(=O)N2CCCC2)cc(C(C)C)cc1[N+](=O)[O-]. The Bertz CT molecular complexity index is 563. The highest BCUT2D eigenvalue weighted by molar-refractivity contribution is 5.98. The number of amides is 1. The van der Waals surface area contributed by atoms with E-state index in [1.807, 2.05) is 13.8 Å². The maximum atomic E-state index is 12.6. The number of nitro groups is 1. The van der Waals surface area contributed by atoms with Crippen LogP contribution in [-0.2, 0) is 0 Å². The molecule has 1 heterocycles. The zero-order valence-electron chi connectivity index (χ0n) is 12.6. The van der Waals surface area contributed by atoms with Gasteiger partial charge in [0.25, 0.3) is 5.91 Å². The van der Waals surface area contributed by atoms with Crippen LogP contribution < -0.4 is 4.74 Å². The molecule has 1 fully saturated rings.